The standard InChI is InChI=1S/C25H35N3O4/c1-18(2)22(29)27-15-11-25(12-16-27)28(23(30)20-7-5-4-6-8-20)21(17-32-25)24(31)26-13-9-19(3)10-14-26/h4-8,18-19,21H,9-17H2,1-3H3. The van der Waals surface area contributed by atoms with Crippen molar-refractivity contribution >= 4 is 17.7 Å². The van der Waals surface area contributed by atoms with Crippen LogP contribution in [0.1, 0.15) is 56.8 Å². The Labute approximate surface area is 190 Å². The Morgan fingerprint density at radius 2 is 1.59 bits per heavy atom. The van der Waals surface area contributed by atoms with Gasteiger partial charge in [-0.3, -0.25) is 19.3 Å². The second kappa shape index (κ2) is 9.22. The Hall–Kier alpha value is -2.41. The highest BCUT2D eigenvalue weighted by Crippen LogP contribution is 2.39. The molecule has 3 heterocycles. The molecule has 0 bridgehead atoms. The van der Waals surface area contributed by atoms with E-state index in [1.165, 1.54) is 0 Å². The lowest BCUT2D eigenvalue weighted by molar-refractivity contribution is -0.147. The van der Waals surface area contributed by atoms with Crippen molar-refractivity contribution in [3.8, 4) is 0 Å². The molecule has 4 rings (SSSR count). The maximum absolute atomic E-state index is 13.7. The molecule has 1 atom stereocenters. The number of piperidine rings is 2. The van der Waals surface area contributed by atoms with Crippen molar-refractivity contribution in [3.05, 3.63) is 35.9 Å². The second-order valence-electron chi connectivity index (χ2n) is 9.80. The van der Waals surface area contributed by atoms with Crippen molar-refractivity contribution in [2.75, 3.05) is 32.8 Å². The van der Waals surface area contributed by atoms with E-state index in [0.717, 1.165) is 25.9 Å². The van der Waals surface area contributed by atoms with Gasteiger partial charge >= 0.3 is 0 Å². The average molecular weight is 442 g/mol. The first-order valence-electron chi connectivity index (χ1n) is 11.9. The van der Waals surface area contributed by atoms with Crippen LogP contribution in [-0.2, 0) is 14.3 Å². The van der Waals surface area contributed by atoms with Gasteiger partial charge in [0.15, 0.2) is 0 Å². The van der Waals surface area contributed by atoms with E-state index < -0.39 is 11.8 Å². The minimum Gasteiger partial charge on any atom is -0.353 e. The molecule has 0 aromatic heterocycles. The Morgan fingerprint density at radius 3 is 2.19 bits per heavy atom. The van der Waals surface area contributed by atoms with Gasteiger partial charge in [0.1, 0.15) is 11.8 Å². The highest BCUT2D eigenvalue weighted by atomic mass is 16.5. The summed E-state index contributed by atoms with van der Waals surface area (Å²) >= 11 is 0. The third-order valence-corrected chi connectivity index (χ3v) is 7.23. The fraction of sp³-hybridized carbons (Fsp3) is 0.640. The van der Waals surface area contributed by atoms with Crippen molar-refractivity contribution in [3.63, 3.8) is 0 Å². The molecular formula is C25H35N3O4. The molecule has 7 nitrogen and oxygen atoms in total. The zero-order chi connectivity index (χ0) is 22.9. The Morgan fingerprint density at radius 1 is 0.969 bits per heavy atom. The van der Waals surface area contributed by atoms with Gasteiger partial charge in [-0.1, -0.05) is 39.0 Å². The molecule has 0 N–H and O–H groups in total. The van der Waals surface area contributed by atoms with Crippen LogP contribution in [-0.4, -0.2) is 77.0 Å². The van der Waals surface area contributed by atoms with Crippen LogP contribution >= 0.6 is 0 Å². The van der Waals surface area contributed by atoms with Crippen LogP contribution in [0.4, 0.5) is 0 Å². The monoisotopic (exact) mass is 441 g/mol. The molecule has 32 heavy (non-hydrogen) atoms. The van der Waals surface area contributed by atoms with E-state index in [0.29, 0.717) is 37.4 Å². The summed E-state index contributed by atoms with van der Waals surface area (Å²) in [7, 11) is 0. The predicted octanol–water partition coefficient (Wildman–Crippen LogP) is 2.76. The molecule has 1 spiro atoms. The van der Waals surface area contributed by atoms with E-state index in [9.17, 15) is 14.4 Å². The van der Waals surface area contributed by atoms with Crippen LogP contribution in [0, 0.1) is 11.8 Å². The molecule has 0 saturated carbocycles. The molecule has 1 aromatic carbocycles. The van der Waals surface area contributed by atoms with Crippen molar-refractivity contribution in [2.45, 2.75) is 58.2 Å². The first-order valence-corrected chi connectivity index (χ1v) is 11.9. The second-order valence-corrected chi connectivity index (χ2v) is 9.80. The maximum Gasteiger partial charge on any atom is 0.256 e. The Kier molecular flexibility index (Phi) is 6.56. The number of amides is 3. The lowest BCUT2D eigenvalue weighted by Crippen LogP contribution is -2.60. The van der Waals surface area contributed by atoms with Crippen LogP contribution < -0.4 is 0 Å². The summed E-state index contributed by atoms with van der Waals surface area (Å²) in [5.74, 6) is 0.490. The van der Waals surface area contributed by atoms with Gasteiger partial charge in [-0.25, -0.2) is 0 Å². The smallest absolute Gasteiger partial charge is 0.256 e. The molecule has 3 aliphatic heterocycles. The molecule has 1 unspecified atom stereocenters. The van der Waals surface area contributed by atoms with E-state index in [2.05, 4.69) is 6.92 Å². The number of carbonyl (C=O) groups is 3. The molecule has 7 heteroatoms. The van der Waals surface area contributed by atoms with Crippen LogP contribution in [0.3, 0.4) is 0 Å². The summed E-state index contributed by atoms with van der Waals surface area (Å²) in [6.07, 6.45) is 3.02. The molecule has 0 radical (unpaired) electrons. The van der Waals surface area contributed by atoms with E-state index in [4.69, 9.17) is 4.74 Å². The first kappa shape index (κ1) is 22.8. The number of hydrogen-bond donors (Lipinski definition) is 0. The van der Waals surface area contributed by atoms with Crippen molar-refractivity contribution < 1.29 is 19.1 Å². The van der Waals surface area contributed by atoms with Crippen molar-refractivity contribution in [1.29, 1.82) is 0 Å². The zero-order valence-electron chi connectivity index (χ0n) is 19.5. The Bertz CT molecular complexity index is 840. The van der Waals surface area contributed by atoms with Crippen LogP contribution in [0.5, 0.6) is 0 Å². The summed E-state index contributed by atoms with van der Waals surface area (Å²) in [5, 5.41) is 0. The first-order chi connectivity index (χ1) is 15.3. The number of likely N-dealkylation sites (tertiary alicyclic amines) is 2. The molecule has 3 fully saturated rings. The summed E-state index contributed by atoms with van der Waals surface area (Å²) in [6.45, 7) is 8.74. The minimum atomic E-state index is -0.843. The van der Waals surface area contributed by atoms with Gasteiger partial charge in [-0.15, -0.1) is 0 Å². The van der Waals surface area contributed by atoms with Gasteiger partial charge < -0.3 is 14.5 Å². The number of hydrogen-bond acceptors (Lipinski definition) is 4. The van der Waals surface area contributed by atoms with E-state index in [1.54, 1.807) is 17.0 Å². The summed E-state index contributed by atoms with van der Waals surface area (Å²) in [6, 6.07) is 8.50. The van der Waals surface area contributed by atoms with Crippen molar-refractivity contribution in [1.82, 2.24) is 14.7 Å². The van der Waals surface area contributed by atoms with Gasteiger partial charge in [-0.2, -0.15) is 0 Å². The highest BCUT2D eigenvalue weighted by molar-refractivity contribution is 5.98. The van der Waals surface area contributed by atoms with Gasteiger partial charge in [0.25, 0.3) is 5.91 Å². The SMILES string of the molecule is CC1CCN(C(=O)C2COC3(CCN(C(=O)C(C)C)CC3)N2C(=O)c2ccccc2)CC1. The lowest BCUT2D eigenvalue weighted by atomic mass is 9.95. The average Bonchev–Trinajstić information content (AvgIpc) is 3.17. The highest BCUT2D eigenvalue weighted by Gasteiger charge is 2.55. The van der Waals surface area contributed by atoms with E-state index in [-0.39, 0.29) is 30.2 Å². The third kappa shape index (κ3) is 4.27. The molecule has 0 aliphatic carbocycles. The van der Waals surface area contributed by atoms with Gasteiger partial charge in [0.05, 0.1) is 6.61 Å². The number of ether oxygens (including phenoxy) is 1. The molecule has 3 amide bonds. The molecule has 1 aromatic rings. The van der Waals surface area contributed by atoms with E-state index in [1.807, 2.05) is 41.8 Å². The Balaban J connectivity index is 1.59. The molecule has 174 valence electrons. The predicted molar refractivity (Wildman–Crippen MR) is 121 cm³/mol. The van der Waals surface area contributed by atoms with E-state index >= 15 is 0 Å². The normalized spacial score (nSPS) is 23.8. The zero-order valence-corrected chi connectivity index (χ0v) is 19.5. The molecule has 3 aliphatic rings. The van der Waals surface area contributed by atoms with Crippen LogP contribution in [0.25, 0.3) is 0 Å². The number of rotatable bonds is 3. The topological polar surface area (TPSA) is 70.2 Å². The summed E-state index contributed by atoms with van der Waals surface area (Å²) in [4.78, 5) is 45.2. The van der Waals surface area contributed by atoms with Gasteiger partial charge in [-0.05, 0) is 30.9 Å². The summed E-state index contributed by atoms with van der Waals surface area (Å²) in [5.41, 5.74) is -0.285. The minimum absolute atomic E-state index is 0.0151. The van der Waals surface area contributed by atoms with Crippen molar-refractivity contribution in [2.24, 2.45) is 11.8 Å². The fourth-order valence-corrected chi connectivity index (χ4v) is 5.16. The summed E-state index contributed by atoms with van der Waals surface area (Å²) < 4.78 is 6.29. The number of carbonyl (C=O) groups excluding carboxylic acids is 3. The maximum atomic E-state index is 13.7. The quantitative estimate of drug-likeness (QED) is 0.723. The largest absolute Gasteiger partial charge is 0.353 e. The lowest BCUT2D eigenvalue weighted by Gasteiger charge is -2.45. The fourth-order valence-electron chi connectivity index (χ4n) is 5.16. The molecule has 3 saturated heterocycles. The molecular weight excluding hydrogens is 406 g/mol. The van der Waals surface area contributed by atoms with Crippen LogP contribution in [0.2, 0.25) is 0 Å². The van der Waals surface area contributed by atoms with Gasteiger partial charge in [0.2, 0.25) is 11.8 Å². The van der Waals surface area contributed by atoms with Gasteiger partial charge in [0, 0.05) is 50.5 Å². The number of nitrogens with zero attached hydrogens (tertiary/aromatic N) is 3. The van der Waals surface area contributed by atoms with Crippen LogP contribution in [0.15, 0.2) is 30.3 Å². The number of benzene rings is 1. The third-order valence-electron chi connectivity index (χ3n) is 7.23.